The normalized spacial score (nSPS) is 23.5. The number of ether oxygens (including phenoxy) is 1. The molecule has 0 amide bonds. The molecular weight excluding hydrogens is 318 g/mol. The fourth-order valence-electron chi connectivity index (χ4n) is 4.09. The number of piperidine rings is 1. The molecule has 2 aromatic heterocycles. The highest BCUT2D eigenvalue weighted by Crippen LogP contribution is 2.48. The Labute approximate surface area is 148 Å². The quantitative estimate of drug-likeness (QED) is 0.850. The summed E-state index contributed by atoms with van der Waals surface area (Å²) in [6, 6.07) is 2.44. The van der Waals surface area contributed by atoms with Crippen molar-refractivity contribution in [1.82, 2.24) is 14.7 Å². The van der Waals surface area contributed by atoms with Crippen molar-refractivity contribution < 1.29 is 4.74 Å². The Balaban J connectivity index is 1.50. The minimum atomic E-state index is -0.0306. The molecule has 24 heavy (non-hydrogen) atoms. The summed E-state index contributed by atoms with van der Waals surface area (Å²) in [6.45, 7) is 8.63. The molecule has 4 heterocycles. The van der Waals surface area contributed by atoms with E-state index in [1.807, 2.05) is 29.3 Å². The number of likely N-dealkylation sites (tertiary alicyclic amines) is 1. The molecule has 0 saturated carbocycles. The van der Waals surface area contributed by atoms with Crippen molar-refractivity contribution in [1.29, 1.82) is 0 Å². The lowest BCUT2D eigenvalue weighted by molar-refractivity contribution is -0.104. The smallest absolute Gasteiger partial charge is 0.0966 e. The Morgan fingerprint density at radius 1 is 1.38 bits per heavy atom. The highest BCUT2D eigenvalue weighted by atomic mass is 32.1. The minimum Gasteiger partial charge on any atom is -0.369 e. The maximum Gasteiger partial charge on any atom is 0.0966 e. The molecule has 1 unspecified atom stereocenters. The molecule has 5 heteroatoms. The van der Waals surface area contributed by atoms with Crippen molar-refractivity contribution in [3.8, 4) is 0 Å². The first-order valence-corrected chi connectivity index (χ1v) is 9.88. The molecule has 4 nitrogen and oxygen atoms in total. The molecule has 1 spiro atoms. The van der Waals surface area contributed by atoms with E-state index in [2.05, 4.69) is 36.1 Å². The SMILES string of the molecule is CCc1cc2c(s1)C(C)COC21CCN(Cc2cnn(C)c2)CC1. The lowest BCUT2D eigenvalue weighted by Crippen LogP contribution is -2.46. The van der Waals surface area contributed by atoms with Crippen LogP contribution in [0.4, 0.5) is 0 Å². The van der Waals surface area contributed by atoms with Crippen molar-refractivity contribution >= 4 is 11.3 Å². The monoisotopic (exact) mass is 345 g/mol. The Morgan fingerprint density at radius 2 is 2.17 bits per heavy atom. The van der Waals surface area contributed by atoms with Crippen LogP contribution in [0.25, 0.3) is 0 Å². The second-order valence-electron chi connectivity index (χ2n) is 7.35. The standard InChI is InChI=1S/C19H27N3OS/c1-4-16-9-17-18(24-16)14(2)13-23-19(17)5-7-22(8-6-19)12-15-10-20-21(3)11-15/h9-11,14H,4-8,12-13H2,1-3H3. The number of aryl methyl sites for hydroxylation is 2. The first kappa shape index (κ1) is 16.3. The highest BCUT2D eigenvalue weighted by molar-refractivity contribution is 7.12. The van der Waals surface area contributed by atoms with E-state index >= 15 is 0 Å². The van der Waals surface area contributed by atoms with Crippen molar-refractivity contribution in [3.63, 3.8) is 0 Å². The molecule has 4 rings (SSSR count). The molecule has 0 bridgehead atoms. The summed E-state index contributed by atoms with van der Waals surface area (Å²) in [7, 11) is 1.98. The predicted octanol–water partition coefficient (Wildman–Crippen LogP) is 3.67. The van der Waals surface area contributed by atoms with Crippen LogP contribution in [0.1, 0.15) is 53.5 Å². The third-order valence-corrected chi connectivity index (χ3v) is 7.05. The maximum absolute atomic E-state index is 6.47. The van der Waals surface area contributed by atoms with Gasteiger partial charge in [-0.3, -0.25) is 9.58 Å². The molecule has 1 atom stereocenters. The van der Waals surface area contributed by atoms with Crippen LogP contribution in [0, 0.1) is 0 Å². The minimum absolute atomic E-state index is 0.0306. The predicted molar refractivity (Wildman–Crippen MR) is 97.5 cm³/mol. The second-order valence-corrected chi connectivity index (χ2v) is 8.52. The molecule has 130 valence electrons. The van der Waals surface area contributed by atoms with Crippen LogP contribution in [-0.2, 0) is 30.4 Å². The molecule has 2 aliphatic rings. The molecule has 0 aliphatic carbocycles. The van der Waals surface area contributed by atoms with Crippen molar-refractivity contribution in [2.24, 2.45) is 7.05 Å². The van der Waals surface area contributed by atoms with Crippen LogP contribution in [0.5, 0.6) is 0 Å². The molecule has 1 fully saturated rings. The van der Waals surface area contributed by atoms with Gasteiger partial charge in [-0.1, -0.05) is 13.8 Å². The third-order valence-electron chi connectivity index (χ3n) is 5.54. The molecular formula is C19H27N3OS. The Kier molecular flexibility index (Phi) is 4.27. The van der Waals surface area contributed by atoms with Crippen molar-refractivity contribution in [2.75, 3.05) is 19.7 Å². The molecule has 2 aromatic rings. The van der Waals surface area contributed by atoms with Gasteiger partial charge in [-0.25, -0.2) is 0 Å². The third kappa shape index (κ3) is 2.83. The first-order valence-electron chi connectivity index (χ1n) is 9.06. The molecule has 1 saturated heterocycles. The molecule has 0 aromatic carbocycles. The van der Waals surface area contributed by atoms with Gasteiger partial charge in [0.15, 0.2) is 0 Å². The van der Waals surface area contributed by atoms with Crippen LogP contribution in [0.2, 0.25) is 0 Å². The van der Waals surface area contributed by atoms with E-state index in [4.69, 9.17) is 4.74 Å². The number of rotatable bonds is 3. The number of nitrogens with zero attached hydrogens (tertiary/aromatic N) is 3. The Hall–Kier alpha value is -1.17. The average Bonchev–Trinajstić information content (AvgIpc) is 3.20. The van der Waals surface area contributed by atoms with E-state index in [0.717, 1.165) is 45.5 Å². The van der Waals surface area contributed by atoms with E-state index in [0.29, 0.717) is 5.92 Å². The van der Waals surface area contributed by atoms with Crippen molar-refractivity contribution in [3.05, 3.63) is 39.3 Å². The number of fused-ring (bicyclic) bond motifs is 2. The summed E-state index contributed by atoms with van der Waals surface area (Å²) in [5.74, 6) is 0.546. The summed E-state index contributed by atoms with van der Waals surface area (Å²) in [5, 5.41) is 4.28. The number of aromatic nitrogens is 2. The van der Waals surface area contributed by atoms with Gasteiger partial charge in [-0.2, -0.15) is 5.10 Å². The van der Waals surface area contributed by atoms with Gasteiger partial charge in [0.25, 0.3) is 0 Å². The Bertz CT molecular complexity index is 712. The van der Waals surface area contributed by atoms with Gasteiger partial charge in [0.1, 0.15) is 0 Å². The summed E-state index contributed by atoms with van der Waals surface area (Å²) in [6.07, 6.45) is 7.44. The van der Waals surface area contributed by atoms with E-state index in [1.54, 1.807) is 4.88 Å². The zero-order chi connectivity index (χ0) is 16.7. The van der Waals surface area contributed by atoms with E-state index < -0.39 is 0 Å². The van der Waals surface area contributed by atoms with Gasteiger partial charge in [-0.15, -0.1) is 11.3 Å². The summed E-state index contributed by atoms with van der Waals surface area (Å²) in [4.78, 5) is 5.63. The van der Waals surface area contributed by atoms with Gasteiger partial charge in [0.2, 0.25) is 0 Å². The van der Waals surface area contributed by atoms with Gasteiger partial charge in [0, 0.05) is 54.1 Å². The number of thiophene rings is 1. The van der Waals surface area contributed by atoms with Gasteiger partial charge >= 0.3 is 0 Å². The summed E-state index contributed by atoms with van der Waals surface area (Å²) in [5.41, 5.74) is 2.78. The molecule has 0 radical (unpaired) electrons. The lowest BCUT2D eigenvalue weighted by Gasteiger charge is -2.45. The van der Waals surface area contributed by atoms with Crippen molar-refractivity contribution in [2.45, 2.75) is 51.2 Å². The fourth-order valence-corrected chi connectivity index (χ4v) is 5.32. The number of hydrogen-bond acceptors (Lipinski definition) is 4. The van der Waals surface area contributed by atoms with E-state index in [1.165, 1.54) is 16.0 Å². The van der Waals surface area contributed by atoms with Gasteiger partial charge < -0.3 is 4.74 Å². The first-order chi connectivity index (χ1) is 11.6. The topological polar surface area (TPSA) is 30.3 Å². The van der Waals surface area contributed by atoms with Crippen LogP contribution in [0.15, 0.2) is 18.5 Å². The van der Waals surface area contributed by atoms with E-state index in [-0.39, 0.29) is 5.60 Å². The maximum atomic E-state index is 6.47. The van der Waals surface area contributed by atoms with E-state index in [9.17, 15) is 0 Å². The largest absolute Gasteiger partial charge is 0.369 e. The average molecular weight is 346 g/mol. The highest BCUT2D eigenvalue weighted by Gasteiger charge is 2.43. The zero-order valence-corrected chi connectivity index (χ0v) is 15.7. The van der Waals surface area contributed by atoms with Crippen LogP contribution < -0.4 is 0 Å². The van der Waals surface area contributed by atoms with Gasteiger partial charge in [-0.05, 0) is 30.9 Å². The Morgan fingerprint density at radius 3 is 2.83 bits per heavy atom. The molecule has 0 N–H and O–H groups in total. The van der Waals surface area contributed by atoms with Crippen LogP contribution in [0.3, 0.4) is 0 Å². The molecule has 2 aliphatic heterocycles. The lowest BCUT2D eigenvalue weighted by atomic mass is 9.80. The fraction of sp³-hybridized carbons (Fsp3) is 0.632. The van der Waals surface area contributed by atoms with Crippen LogP contribution >= 0.6 is 11.3 Å². The zero-order valence-electron chi connectivity index (χ0n) is 14.9. The summed E-state index contributed by atoms with van der Waals surface area (Å²) < 4.78 is 8.35. The van der Waals surface area contributed by atoms with Gasteiger partial charge in [0.05, 0.1) is 18.4 Å². The van der Waals surface area contributed by atoms with Crippen LogP contribution in [-0.4, -0.2) is 34.4 Å². The second kappa shape index (κ2) is 6.28. The number of hydrogen-bond donors (Lipinski definition) is 0. The summed E-state index contributed by atoms with van der Waals surface area (Å²) >= 11 is 2.01.